The highest BCUT2D eigenvalue weighted by Crippen LogP contribution is 2.37. The lowest BCUT2D eigenvalue weighted by Crippen LogP contribution is -2.12. The summed E-state index contributed by atoms with van der Waals surface area (Å²) in [5, 5.41) is 5.68. The predicted molar refractivity (Wildman–Crippen MR) is 125 cm³/mol. The number of para-hydroxylation sites is 1. The summed E-state index contributed by atoms with van der Waals surface area (Å²) in [5.74, 6) is 0.479. The van der Waals surface area contributed by atoms with Gasteiger partial charge in [0.05, 0.1) is 10.3 Å². The van der Waals surface area contributed by atoms with Crippen LogP contribution in [-0.4, -0.2) is 28.0 Å². The van der Waals surface area contributed by atoms with Gasteiger partial charge in [-0.05, 0) is 55.5 Å². The number of fused-ring (bicyclic) bond motifs is 5. The Morgan fingerprint density at radius 3 is 2.72 bits per heavy atom. The molecule has 1 N–H and O–H groups in total. The van der Waals surface area contributed by atoms with E-state index in [0.29, 0.717) is 17.1 Å². The molecule has 0 aliphatic heterocycles. The van der Waals surface area contributed by atoms with Gasteiger partial charge in [0.25, 0.3) is 10.0 Å². The number of benzene rings is 2. The Labute approximate surface area is 188 Å². The first-order chi connectivity index (χ1) is 15.6. The number of rotatable bonds is 4. The molecule has 5 aromatic rings. The molecule has 1 aliphatic carbocycles. The molecule has 6 rings (SSSR count). The van der Waals surface area contributed by atoms with Crippen LogP contribution in [0.3, 0.4) is 0 Å². The molecule has 0 radical (unpaired) electrons. The molecule has 0 saturated heterocycles. The third kappa shape index (κ3) is 3.25. The van der Waals surface area contributed by atoms with Crippen LogP contribution in [0.4, 0.5) is 5.69 Å². The number of thiophene rings is 1. The van der Waals surface area contributed by atoms with E-state index in [2.05, 4.69) is 14.8 Å². The number of hydrogen-bond donors (Lipinski definition) is 1. The fourth-order valence-corrected chi connectivity index (χ4v) is 6.53. The summed E-state index contributed by atoms with van der Waals surface area (Å²) in [6, 6.07) is 15.5. The summed E-state index contributed by atoms with van der Waals surface area (Å²) in [4.78, 5) is 12.0. The Hall–Kier alpha value is -3.30. The minimum Gasteiger partial charge on any atom is -0.280 e. The average molecular weight is 462 g/mol. The smallest absolute Gasteiger partial charge is 0.261 e. The van der Waals surface area contributed by atoms with E-state index in [0.717, 1.165) is 28.7 Å². The van der Waals surface area contributed by atoms with E-state index in [9.17, 15) is 8.42 Å². The molecule has 0 fully saturated rings. The Bertz CT molecular complexity index is 1570. The van der Waals surface area contributed by atoms with Crippen molar-refractivity contribution < 1.29 is 8.42 Å². The molecule has 2 aromatic carbocycles. The Morgan fingerprint density at radius 1 is 1.00 bits per heavy atom. The molecule has 7 nitrogen and oxygen atoms in total. The van der Waals surface area contributed by atoms with Crippen LogP contribution in [0.25, 0.3) is 27.3 Å². The van der Waals surface area contributed by atoms with Gasteiger partial charge in [-0.3, -0.25) is 4.72 Å². The molecule has 0 spiro atoms. The lowest BCUT2D eigenvalue weighted by atomic mass is 9.97. The summed E-state index contributed by atoms with van der Waals surface area (Å²) >= 11 is 1.75. The molecule has 160 valence electrons. The SMILES string of the molecule is O=S(=O)(Nc1ccccc1)c1cccc(-c2nc3c4c5c(sc4ncn3n2)CCCC5)c1. The minimum absolute atomic E-state index is 0.161. The van der Waals surface area contributed by atoms with Gasteiger partial charge >= 0.3 is 0 Å². The predicted octanol–water partition coefficient (Wildman–Crippen LogP) is 4.69. The molecule has 0 amide bonds. The van der Waals surface area contributed by atoms with Crippen LogP contribution >= 0.6 is 11.3 Å². The van der Waals surface area contributed by atoms with Crippen molar-refractivity contribution in [2.24, 2.45) is 0 Å². The van der Waals surface area contributed by atoms with Gasteiger partial charge in [0.2, 0.25) is 0 Å². The van der Waals surface area contributed by atoms with Crippen LogP contribution in [-0.2, 0) is 22.9 Å². The monoisotopic (exact) mass is 461 g/mol. The first kappa shape index (κ1) is 19.4. The first-order valence-corrected chi connectivity index (χ1v) is 12.7. The van der Waals surface area contributed by atoms with Gasteiger partial charge in [0, 0.05) is 16.1 Å². The first-order valence-electron chi connectivity index (χ1n) is 10.4. The van der Waals surface area contributed by atoms with E-state index in [1.807, 2.05) is 12.1 Å². The average Bonchev–Trinajstić information content (AvgIpc) is 3.41. The van der Waals surface area contributed by atoms with Crippen molar-refractivity contribution in [1.82, 2.24) is 19.6 Å². The van der Waals surface area contributed by atoms with Crippen molar-refractivity contribution in [3.63, 3.8) is 0 Å². The summed E-state index contributed by atoms with van der Waals surface area (Å²) in [5.41, 5.74) is 3.28. The van der Waals surface area contributed by atoms with E-state index in [1.54, 1.807) is 64.6 Å². The van der Waals surface area contributed by atoms with Crippen LogP contribution < -0.4 is 4.72 Å². The van der Waals surface area contributed by atoms with Gasteiger partial charge in [-0.15, -0.1) is 16.4 Å². The largest absolute Gasteiger partial charge is 0.280 e. The Balaban J connectivity index is 1.43. The summed E-state index contributed by atoms with van der Waals surface area (Å²) < 4.78 is 30.1. The Morgan fingerprint density at radius 2 is 1.84 bits per heavy atom. The van der Waals surface area contributed by atoms with E-state index in [1.165, 1.54) is 23.3 Å². The van der Waals surface area contributed by atoms with Crippen molar-refractivity contribution in [3.8, 4) is 11.4 Å². The number of sulfonamides is 1. The van der Waals surface area contributed by atoms with Gasteiger partial charge in [0.15, 0.2) is 11.5 Å². The number of hydrogen-bond acceptors (Lipinski definition) is 6. The topological polar surface area (TPSA) is 89.2 Å². The number of nitrogens with zero attached hydrogens (tertiary/aromatic N) is 4. The van der Waals surface area contributed by atoms with Crippen molar-refractivity contribution in [1.29, 1.82) is 0 Å². The van der Waals surface area contributed by atoms with Crippen molar-refractivity contribution >= 4 is 42.9 Å². The van der Waals surface area contributed by atoms with E-state index < -0.39 is 10.0 Å². The highest BCUT2D eigenvalue weighted by Gasteiger charge is 2.22. The van der Waals surface area contributed by atoms with Crippen LogP contribution in [0.1, 0.15) is 23.3 Å². The fourth-order valence-electron chi connectivity index (χ4n) is 4.20. The molecular weight excluding hydrogens is 442 g/mol. The maximum absolute atomic E-state index is 12.9. The summed E-state index contributed by atoms with van der Waals surface area (Å²) in [6.07, 6.45) is 6.21. The van der Waals surface area contributed by atoms with Gasteiger partial charge < -0.3 is 0 Å². The van der Waals surface area contributed by atoms with Gasteiger partial charge in [0.1, 0.15) is 11.2 Å². The standard InChI is InChI=1S/C23H19N5O2S2/c29-32(30,27-16-8-2-1-3-9-16)17-10-6-7-15(13-17)21-25-22-20-18-11-4-5-12-19(18)31-23(20)24-14-28(22)26-21/h1-3,6-10,13-14,27H,4-5,11-12H2. The summed E-state index contributed by atoms with van der Waals surface area (Å²) in [7, 11) is -3.73. The number of nitrogens with one attached hydrogen (secondary N) is 1. The number of anilines is 1. The zero-order valence-electron chi connectivity index (χ0n) is 17.0. The Kier molecular flexibility index (Phi) is 4.48. The molecule has 3 aromatic heterocycles. The highest BCUT2D eigenvalue weighted by atomic mass is 32.2. The lowest BCUT2D eigenvalue weighted by molar-refractivity contribution is 0.601. The zero-order chi connectivity index (χ0) is 21.7. The van der Waals surface area contributed by atoms with Crippen LogP contribution in [0.2, 0.25) is 0 Å². The second-order valence-electron chi connectivity index (χ2n) is 7.84. The van der Waals surface area contributed by atoms with Crippen LogP contribution in [0.15, 0.2) is 65.8 Å². The molecule has 0 atom stereocenters. The van der Waals surface area contributed by atoms with Crippen LogP contribution in [0, 0.1) is 0 Å². The molecule has 3 heterocycles. The van der Waals surface area contributed by atoms with Crippen LogP contribution in [0.5, 0.6) is 0 Å². The molecule has 32 heavy (non-hydrogen) atoms. The van der Waals surface area contributed by atoms with E-state index in [4.69, 9.17) is 4.98 Å². The van der Waals surface area contributed by atoms with Gasteiger partial charge in [-0.25, -0.2) is 22.9 Å². The van der Waals surface area contributed by atoms with Crippen molar-refractivity contribution in [3.05, 3.63) is 71.4 Å². The fraction of sp³-hybridized carbons (Fsp3) is 0.174. The van der Waals surface area contributed by atoms with Crippen molar-refractivity contribution in [2.45, 2.75) is 30.6 Å². The lowest BCUT2D eigenvalue weighted by Gasteiger charge is -2.09. The molecule has 0 saturated carbocycles. The van der Waals surface area contributed by atoms with E-state index in [-0.39, 0.29) is 4.90 Å². The maximum Gasteiger partial charge on any atom is 0.261 e. The maximum atomic E-state index is 12.9. The molecule has 0 unspecified atom stereocenters. The third-order valence-corrected chi connectivity index (χ3v) is 8.30. The third-order valence-electron chi connectivity index (χ3n) is 5.72. The molecular formula is C23H19N5O2S2. The second kappa shape index (κ2) is 7.39. The summed E-state index contributed by atoms with van der Waals surface area (Å²) in [6.45, 7) is 0. The van der Waals surface area contributed by atoms with Gasteiger partial charge in [-0.1, -0.05) is 30.3 Å². The zero-order valence-corrected chi connectivity index (χ0v) is 18.7. The molecule has 0 bridgehead atoms. The second-order valence-corrected chi connectivity index (χ2v) is 10.6. The molecule has 9 heteroatoms. The normalized spacial score (nSPS) is 14.0. The highest BCUT2D eigenvalue weighted by molar-refractivity contribution is 7.92. The minimum atomic E-state index is -3.73. The van der Waals surface area contributed by atoms with Gasteiger partial charge in [-0.2, -0.15) is 0 Å². The quantitative estimate of drug-likeness (QED) is 0.420. The van der Waals surface area contributed by atoms with Crippen molar-refractivity contribution in [2.75, 3.05) is 4.72 Å². The molecule has 1 aliphatic rings. The number of aromatic nitrogens is 4. The number of aryl methyl sites for hydroxylation is 2. The van der Waals surface area contributed by atoms with E-state index >= 15 is 0 Å².